The minimum atomic E-state index is -0.314. The number of halogens is 1. The zero-order valence-electron chi connectivity index (χ0n) is 15.4. The quantitative estimate of drug-likeness (QED) is 0.899. The first-order valence-corrected chi connectivity index (χ1v) is 9.34. The Kier molecular flexibility index (Phi) is 5.03. The Labute approximate surface area is 157 Å². The molecule has 27 heavy (non-hydrogen) atoms. The van der Waals surface area contributed by atoms with Gasteiger partial charge in [0.05, 0.1) is 13.2 Å². The Morgan fingerprint density at radius 1 is 1.33 bits per heavy atom. The van der Waals surface area contributed by atoms with Gasteiger partial charge >= 0.3 is 0 Å². The van der Waals surface area contributed by atoms with Crippen molar-refractivity contribution in [2.75, 3.05) is 36.5 Å². The van der Waals surface area contributed by atoms with Crippen LogP contribution >= 0.6 is 0 Å². The number of morpholine rings is 1. The van der Waals surface area contributed by atoms with Gasteiger partial charge in [0.1, 0.15) is 5.82 Å². The standard InChI is InChI=1S/C20H23FN4O2/c1-13-2-4-16(11-17(13)21)23-19(26)14-3-5-18-15(10-14)12-22-20(24-18)25-6-8-27-9-7-25/h2,4,11-12,14H,3,5-10H2,1H3,(H,23,26)/t14-/m1/s1. The van der Waals surface area contributed by atoms with E-state index in [1.165, 1.54) is 6.07 Å². The summed E-state index contributed by atoms with van der Waals surface area (Å²) in [6.07, 6.45) is 3.93. The molecule has 0 unspecified atom stereocenters. The van der Waals surface area contributed by atoms with E-state index in [-0.39, 0.29) is 17.6 Å². The molecule has 0 radical (unpaired) electrons. The van der Waals surface area contributed by atoms with Crippen molar-refractivity contribution in [1.29, 1.82) is 0 Å². The predicted octanol–water partition coefficient (Wildman–Crippen LogP) is 2.50. The smallest absolute Gasteiger partial charge is 0.227 e. The summed E-state index contributed by atoms with van der Waals surface area (Å²) in [4.78, 5) is 23.9. The number of aromatic nitrogens is 2. The van der Waals surface area contributed by atoms with Gasteiger partial charge in [0, 0.05) is 36.6 Å². The van der Waals surface area contributed by atoms with Crippen molar-refractivity contribution in [2.45, 2.75) is 26.2 Å². The highest BCUT2D eigenvalue weighted by Gasteiger charge is 2.27. The highest BCUT2D eigenvalue weighted by molar-refractivity contribution is 5.92. The maximum absolute atomic E-state index is 13.7. The predicted molar refractivity (Wildman–Crippen MR) is 100 cm³/mol. The molecule has 0 saturated carbocycles. The molecule has 1 aliphatic heterocycles. The molecule has 2 aliphatic rings. The van der Waals surface area contributed by atoms with Gasteiger partial charge in [-0.25, -0.2) is 14.4 Å². The van der Waals surface area contributed by atoms with Crippen LogP contribution in [0.5, 0.6) is 0 Å². The van der Waals surface area contributed by atoms with Gasteiger partial charge in [-0.05, 0) is 49.4 Å². The molecular formula is C20H23FN4O2. The van der Waals surface area contributed by atoms with Crippen molar-refractivity contribution in [3.63, 3.8) is 0 Å². The lowest BCUT2D eigenvalue weighted by Crippen LogP contribution is -2.38. The molecule has 1 amide bonds. The number of fused-ring (bicyclic) bond motifs is 1. The minimum absolute atomic E-state index is 0.0823. The largest absolute Gasteiger partial charge is 0.378 e. The Bertz CT molecular complexity index is 852. The van der Waals surface area contributed by atoms with Gasteiger partial charge in [-0.3, -0.25) is 4.79 Å². The van der Waals surface area contributed by atoms with Gasteiger partial charge < -0.3 is 15.0 Å². The van der Waals surface area contributed by atoms with Crippen molar-refractivity contribution in [2.24, 2.45) is 5.92 Å². The number of benzene rings is 1. The number of anilines is 2. The first kappa shape index (κ1) is 17.9. The third-order valence-electron chi connectivity index (χ3n) is 5.24. The van der Waals surface area contributed by atoms with E-state index in [1.807, 2.05) is 6.20 Å². The second-order valence-corrected chi connectivity index (χ2v) is 7.13. The lowest BCUT2D eigenvalue weighted by Gasteiger charge is -2.28. The Morgan fingerprint density at radius 3 is 2.93 bits per heavy atom. The van der Waals surface area contributed by atoms with Gasteiger partial charge in [0.25, 0.3) is 0 Å². The topological polar surface area (TPSA) is 67.4 Å². The number of carbonyl (C=O) groups is 1. The van der Waals surface area contributed by atoms with Crippen molar-refractivity contribution in [1.82, 2.24) is 9.97 Å². The van der Waals surface area contributed by atoms with Gasteiger partial charge in [-0.15, -0.1) is 0 Å². The van der Waals surface area contributed by atoms with Gasteiger partial charge in [0.2, 0.25) is 11.9 Å². The molecule has 1 fully saturated rings. The normalized spacial score (nSPS) is 19.5. The summed E-state index contributed by atoms with van der Waals surface area (Å²) in [6.45, 7) is 4.70. The summed E-state index contributed by atoms with van der Waals surface area (Å²) < 4.78 is 19.1. The van der Waals surface area contributed by atoms with E-state index in [9.17, 15) is 9.18 Å². The molecule has 1 N–H and O–H groups in total. The van der Waals surface area contributed by atoms with E-state index in [2.05, 4.69) is 15.2 Å². The lowest BCUT2D eigenvalue weighted by atomic mass is 9.86. The lowest BCUT2D eigenvalue weighted by molar-refractivity contribution is -0.120. The van der Waals surface area contributed by atoms with Crippen molar-refractivity contribution >= 4 is 17.5 Å². The van der Waals surface area contributed by atoms with E-state index in [0.29, 0.717) is 30.9 Å². The number of hydrogen-bond donors (Lipinski definition) is 1. The molecule has 1 aromatic carbocycles. The maximum atomic E-state index is 13.7. The van der Waals surface area contributed by atoms with Crippen LogP contribution in [0.4, 0.5) is 16.0 Å². The van der Waals surface area contributed by atoms with E-state index >= 15 is 0 Å². The number of nitrogens with zero attached hydrogens (tertiary/aromatic N) is 3. The van der Waals surface area contributed by atoms with Crippen LogP contribution < -0.4 is 10.2 Å². The Morgan fingerprint density at radius 2 is 2.15 bits per heavy atom. The van der Waals surface area contributed by atoms with Crippen LogP contribution in [0.25, 0.3) is 0 Å². The van der Waals surface area contributed by atoms with E-state index in [4.69, 9.17) is 9.72 Å². The summed E-state index contributed by atoms with van der Waals surface area (Å²) in [5, 5.41) is 2.83. The SMILES string of the molecule is Cc1ccc(NC(=O)[C@@H]2CCc3nc(N4CCOCC4)ncc3C2)cc1F. The zero-order valence-corrected chi connectivity index (χ0v) is 15.4. The van der Waals surface area contributed by atoms with E-state index < -0.39 is 0 Å². The van der Waals surface area contributed by atoms with Crippen LogP contribution in [0.2, 0.25) is 0 Å². The molecule has 1 aromatic heterocycles. The molecule has 142 valence electrons. The molecule has 1 aliphatic carbocycles. The number of amides is 1. The second-order valence-electron chi connectivity index (χ2n) is 7.13. The highest BCUT2D eigenvalue weighted by atomic mass is 19.1. The number of carbonyl (C=O) groups excluding carboxylic acids is 1. The Hall–Kier alpha value is -2.54. The number of ether oxygens (including phenoxy) is 1. The molecule has 1 saturated heterocycles. The molecule has 2 heterocycles. The molecule has 4 rings (SSSR count). The van der Waals surface area contributed by atoms with Gasteiger partial charge in [-0.1, -0.05) is 6.07 Å². The number of aryl methyl sites for hydroxylation is 2. The summed E-state index contributed by atoms with van der Waals surface area (Å²) in [5.41, 5.74) is 3.10. The summed E-state index contributed by atoms with van der Waals surface area (Å²) in [5.74, 6) is 0.196. The number of rotatable bonds is 3. The van der Waals surface area contributed by atoms with Crippen LogP contribution in [0, 0.1) is 18.7 Å². The monoisotopic (exact) mass is 370 g/mol. The average Bonchev–Trinajstić information content (AvgIpc) is 2.70. The highest BCUT2D eigenvalue weighted by Crippen LogP contribution is 2.27. The summed E-state index contributed by atoms with van der Waals surface area (Å²) in [7, 11) is 0. The first-order chi connectivity index (χ1) is 13.1. The molecule has 6 nitrogen and oxygen atoms in total. The molecular weight excluding hydrogens is 347 g/mol. The maximum Gasteiger partial charge on any atom is 0.227 e. The molecule has 1 atom stereocenters. The molecule has 0 bridgehead atoms. The van der Waals surface area contributed by atoms with Gasteiger partial charge in [0.15, 0.2) is 0 Å². The Balaban J connectivity index is 1.43. The summed E-state index contributed by atoms with van der Waals surface area (Å²) >= 11 is 0. The van der Waals surface area contributed by atoms with Crippen molar-refractivity contribution in [3.05, 3.63) is 47.0 Å². The van der Waals surface area contributed by atoms with Gasteiger partial charge in [-0.2, -0.15) is 0 Å². The van der Waals surface area contributed by atoms with Crippen LogP contribution in [0.15, 0.2) is 24.4 Å². The fourth-order valence-corrected chi connectivity index (χ4v) is 3.55. The summed E-state index contributed by atoms with van der Waals surface area (Å²) in [6, 6.07) is 4.76. The third-order valence-corrected chi connectivity index (χ3v) is 5.24. The van der Waals surface area contributed by atoms with Crippen LogP contribution in [0.1, 0.15) is 23.2 Å². The first-order valence-electron chi connectivity index (χ1n) is 9.34. The third kappa shape index (κ3) is 3.93. The minimum Gasteiger partial charge on any atom is -0.378 e. The molecule has 2 aromatic rings. The van der Waals surface area contributed by atoms with Crippen molar-refractivity contribution < 1.29 is 13.9 Å². The molecule has 7 heteroatoms. The second kappa shape index (κ2) is 7.60. The van der Waals surface area contributed by atoms with Crippen LogP contribution in [-0.2, 0) is 22.4 Å². The van der Waals surface area contributed by atoms with Crippen molar-refractivity contribution in [3.8, 4) is 0 Å². The zero-order chi connectivity index (χ0) is 18.8. The fraction of sp³-hybridized carbons (Fsp3) is 0.450. The average molecular weight is 370 g/mol. The fourth-order valence-electron chi connectivity index (χ4n) is 3.55. The molecule has 0 spiro atoms. The number of hydrogen-bond acceptors (Lipinski definition) is 5. The number of nitrogens with one attached hydrogen (secondary N) is 1. The van der Waals surface area contributed by atoms with Crippen LogP contribution in [0.3, 0.4) is 0 Å². The van der Waals surface area contributed by atoms with E-state index in [0.717, 1.165) is 43.1 Å². The van der Waals surface area contributed by atoms with E-state index in [1.54, 1.807) is 19.1 Å². The van der Waals surface area contributed by atoms with Crippen LogP contribution in [-0.4, -0.2) is 42.2 Å².